The SMILES string of the molecule is Cc1ccccc1CSc1nnc(NC(=O)Cc2ccc(-c3ccccc3)cc2)s1. The third kappa shape index (κ3) is 5.34. The zero-order valence-electron chi connectivity index (χ0n) is 16.5. The van der Waals surface area contributed by atoms with Crippen molar-refractivity contribution < 1.29 is 4.79 Å². The van der Waals surface area contributed by atoms with Crippen molar-refractivity contribution in [2.75, 3.05) is 5.32 Å². The van der Waals surface area contributed by atoms with Crippen LogP contribution in [0.5, 0.6) is 0 Å². The number of nitrogens with one attached hydrogen (secondary N) is 1. The van der Waals surface area contributed by atoms with Crippen LogP contribution in [0.1, 0.15) is 16.7 Å². The summed E-state index contributed by atoms with van der Waals surface area (Å²) in [7, 11) is 0. The summed E-state index contributed by atoms with van der Waals surface area (Å²) in [5.74, 6) is 0.747. The number of aromatic nitrogens is 2. The Morgan fingerprint density at radius 3 is 2.37 bits per heavy atom. The maximum absolute atomic E-state index is 12.4. The molecule has 0 saturated carbocycles. The van der Waals surface area contributed by atoms with Crippen LogP contribution in [-0.2, 0) is 17.0 Å². The Morgan fingerprint density at radius 1 is 0.900 bits per heavy atom. The van der Waals surface area contributed by atoms with Gasteiger partial charge in [0.05, 0.1) is 6.42 Å². The molecule has 1 amide bonds. The Bertz CT molecular complexity index is 1120. The molecular weight excluding hydrogens is 410 g/mol. The minimum atomic E-state index is -0.0888. The second-order valence-corrected chi connectivity index (χ2v) is 9.08. The van der Waals surface area contributed by atoms with Gasteiger partial charge in [-0.25, -0.2) is 0 Å². The van der Waals surface area contributed by atoms with E-state index < -0.39 is 0 Å². The van der Waals surface area contributed by atoms with E-state index >= 15 is 0 Å². The minimum Gasteiger partial charge on any atom is -0.300 e. The van der Waals surface area contributed by atoms with Crippen molar-refractivity contribution >= 4 is 34.1 Å². The highest BCUT2D eigenvalue weighted by Gasteiger charge is 2.10. The Hall–Kier alpha value is -2.96. The third-order valence-electron chi connectivity index (χ3n) is 4.69. The molecule has 0 aliphatic rings. The maximum atomic E-state index is 12.4. The predicted molar refractivity (Wildman–Crippen MR) is 125 cm³/mol. The highest BCUT2D eigenvalue weighted by atomic mass is 32.2. The van der Waals surface area contributed by atoms with E-state index in [1.54, 1.807) is 11.8 Å². The molecule has 1 N–H and O–H groups in total. The molecule has 30 heavy (non-hydrogen) atoms. The van der Waals surface area contributed by atoms with Crippen LogP contribution in [0.4, 0.5) is 5.13 Å². The summed E-state index contributed by atoms with van der Waals surface area (Å²) in [6.07, 6.45) is 0.306. The molecule has 6 heteroatoms. The quantitative estimate of drug-likeness (QED) is 0.289. The number of carbonyl (C=O) groups excluding carboxylic acids is 1. The number of hydrogen-bond acceptors (Lipinski definition) is 5. The first kappa shape index (κ1) is 20.3. The standard InChI is InChI=1S/C24H21N3OS2/c1-17-7-5-6-10-21(17)16-29-24-27-26-23(30-24)25-22(28)15-18-11-13-20(14-12-18)19-8-3-2-4-9-19/h2-14H,15-16H2,1H3,(H,25,26,28). The second kappa shape index (κ2) is 9.69. The van der Waals surface area contributed by atoms with Crippen molar-refractivity contribution in [3.05, 3.63) is 95.6 Å². The second-order valence-electron chi connectivity index (χ2n) is 6.88. The van der Waals surface area contributed by atoms with Gasteiger partial charge in [0.1, 0.15) is 0 Å². The topological polar surface area (TPSA) is 54.9 Å². The summed E-state index contributed by atoms with van der Waals surface area (Å²) < 4.78 is 0.848. The fraction of sp³-hybridized carbons (Fsp3) is 0.125. The monoisotopic (exact) mass is 431 g/mol. The molecule has 0 radical (unpaired) electrons. The number of hydrogen-bond donors (Lipinski definition) is 1. The van der Waals surface area contributed by atoms with Crippen molar-refractivity contribution in [1.29, 1.82) is 0 Å². The summed E-state index contributed by atoms with van der Waals surface area (Å²) >= 11 is 3.04. The van der Waals surface area contributed by atoms with Gasteiger partial charge in [-0.15, -0.1) is 10.2 Å². The van der Waals surface area contributed by atoms with Crippen LogP contribution in [-0.4, -0.2) is 16.1 Å². The molecule has 0 unspecified atom stereocenters. The van der Waals surface area contributed by atoms with Crippen LogP contribution in [0.15, 0.2) is 83.2 Å². The normalized spacial score (nSPS) is 10.7. The van der Waals surface area contributed by atoms with Crippen molar-refractivity contribution in [3.8, 4) is 11.1 Å². The summed E-state index contributed by atoms with van der Waals surface area (Å²) in [6.45, 7) is 2.11. The molecule has 0 saturated heterocycles. The van der Waals surface area contributed by atoms with Crippen molar-refractivity contribution in [3.63, 3.8) is 0 Å². The van der Waals surface area contributed by atoms with Crippen LogP contribution in [0.2, 0.25) is 0 Å². The lowest BCUT2D eigenvalue weighted by atomic mass is 10.0. The lowest BCUT2D eigenvalue weighted by Gasteiger charge is -2.05. The van der Waals surface area contributed by atoms with Gasteiger partial charge in [-0.1, -0.05) is 102 Å². The van der Waals surface area contributed by atoms with E-state index in [1.165, 1.54) is 22.5 Å². The first-order valence-electron chi connectivity index (χ1n) is 9.62. The lowest BCUT2D eigenvalue weighted by molar-refractivity contribution is -0.115. The smallest absolute Gasteiger partial charge is 0.230 e. The van der Waals surface area contributed by atoms with Gasteiger partial charge >= 0.3 is 0 Å². The summed E-state index contributed by atoms with van der Waals surface area (Å²) in [4.78, 5) is 12.4. The van der Waals surface area contributed by atoms with Gasteiger partial charge in [0, 0.05) is 5.75 Å². The first-order chi connectivity index (χ1) is 14.7. The van der Waals surface area contributed by atoms with Gasteiger partial charge in [0.25, 0.3) is 0 Å². The van der Waals surface area contributed by atoms with Gasteiger partial charge < -0.3 is 5.32 Å². The maximum Gasteiger partial charge on any atom is 0.230 e. The average molecular weight is 432 g/mol. The van der Waals surface area contributed by atoms with E-state index in [-0.39, 0.29) is 5.91 Å². The summed E-state index contributed by atoms with van der Waals surface area (Å²) in [5.41, 5.74) is 5.81. The molecule has 0 bridgehead atoms. The largest absolute Gasteiger partial charge is 0.300 e. The van der Waals surface area contributed by atoms with Crippen molar-refractivity contribution in [1.82, 2.24) is 10.2 Å². The van der Waals surface area contributed by atoms with Crippen molar-refractivity contribution in [2.24, 2.45) is 0 Å². The number of anilines is 1. The van der Waals surface area contributed by atoms with E-state index in [0.29, 0.717) is 11.6 Å². The van der Waals surface area contributed by atoms with Crippen LogP contribution in [0.25, 0.3) is 11.1 Å². The van der Waals surface area contributed by atoms with E-state index in [0.717, 1.165) is 26.8 Å². The molecule has 1 heterocycles. The molecule has 3 aromatic carbocycles. The van der Waals surface area contributed by atoms with Crippen LogP contribution in [0.3, 0.4) is 0 Å². The van der Waals surface area contributed by atoms with Gasteiger partial charge in [-0.3, -0.25) is 4.79 Å². The molecule has 0 atom stereocenters. The van der Waals surface area contributed by atoms with Gasteiger partial charge in [0.2, 0.25) is 11.0 Å². The molecule has 0 aliphatic heterocycles. The molecule has 150 valence electrons. The third-order valence-corrected chi connectivity index (χ3v) is 6.71. The number of benzene rings is 3. The van der Waals surface area contributed by atoms with Gasteiger partial charge in [-0.2, -0.15) is 0 Å². The molecule has 1 aromatic heterocycles. The van der Waals surface area contributed by atoms with E-state index in [4.69, 9.17) is 0 Å². The summed E-state index contributed by atoms with van der Waals surface area (Å²) in [5, 5.41) is 11.7. The Kier molecular flexibility index (Phi) is 6.57. The number of thioether (sulfide) groups is 1. The Morgan fingerprint density at radius 2 is 1.60 bits per heavy atom. The number of carbonyl (C=O) groups is 1. The molecule has 4 aromatic rings. The van der Waals surface area contributed by atoms with E-state index in [9.17, 15) is 4.79 Å². The highest BCUT2D eigenvalue weighted by molar-refractivity contribution is 8.00. The first-order valence-corrected chi connectivity index (χ1v) is 11.4. The van der Waals surface area contributed by atoms with Gasteiger partial charge in [0.15, 0.2) is 4.34 Å². The number of amides is 1. The van der Waals surface area contributed by atoms with E-state index in [1.807, 2.05) is 54.6 Å². The average Bonchev–Trinajstić information content (AvgIpc) is 3.21. The minimum absolute atomic E-state index is 0.0888. The number of nitrogens with zero attached hydrogens (tertiary/aromatic N) is 2. The van der Waals surface area contributed by atoms with Crippen LogP contribution < -0.4 is 5.32 Å². The zero-order chi connectivity index (χ0) is 20.8. The van der Waals surface area contributed by atoms with Crippen LogP contribution in [0, 0.1) is 6.92 Å². The molecule has 4 rings (SSSR count). The van der Waals surface area contributed by atoms with E-state index in [2.05, 4.69) is 46.7 Å². The van der Waals surface area contributed by atoms with Crippen molar-refractivity contribution in [2.45, 2.75) is 23.4 Å². The fourth-order valence-electron chi connectivity index (χ4n) is 3.02. The predicted octanol–water partition coefficient (Wildman–Crippen LogP) is 5.99. The molecule has 0 fully saturated rings. The summed E-state index contributed by atoms with van der Waals surface area (Å²) in [6, 6.07) is 26.6. The Balaban J connectivity index is 1.31. The lowest BCUT2D eigenvalue weighted by Crippen LogP contribution is -2.14. The van der Waals surface area contributed by atoms with Gasteiger partial charge in [-0.05, 0) is 34.7 Å². The highest BCUT2D eigenvalue weighted by Crippen LogP contribution is 2.29. The number of aryl methyl sites for hydroxylation is 1. The Labute approximate surface area is 184 Å². The zero-order valence-corrected chi connectivity index (χ0v) is 18.2. The molecule has 0 spiro atoms. The molecular formula is C24H21N3OS2. The fourth-order valence-corrected chi connectivity index (χ4v) is 4.87. The molecule has 0 aliphatic carbocycles. The number of rotatable bonds is 7. The molecule has 4 nitrogen and oxygen atoms in total. The van der Waals surface area contributed by atoms with Crippen LogP contribution >= 0.6 is 23.1 Å².